The van der Waals surface area contributed by atoms with Crippen LogP contribution in [-0.2, 0) is 17.9 Å². The Morgan fingerprint density at radius 3 is 1.90 bits per heavy atom. The largest absolute Gasteiger partial charge is 0.713 e. The highest BCUT2D eigenvalue weighted by Gasteiger charge is 2.45. The maximum atomic E-state index is 11.5. The highest BCUT2D eigenvalue weighted by Crippen LogP contribution is 2.08. The Balaban J connectivity index is 3.87. The number of halogens is 2. The van der Waals surface area contributed by atoms with Crippen LogP contribution >= 0.6 is 0 Å². The molecule has 0 fully saturated rings. The molecule has 0 radical (unpaired) electrons. The van der Waals surface area contributed by atoms with Crippen molar-refractivity contribution in [2.75, 3.05) is 21.1 Å². The first-order chi connectivity index (χ1) is 4.74. The van der Waals surface area contributed by atoms with Gasteiger partial charge in [-0.25, -0.2) is 4.39 Å². The van der Waals surface area contributed by atoms with Crippen molar-refractivity contribution in [3.63, 3.8) is 0 Å². The summed E-state index contributed by atoms with van der Waals surface area (Å²) in [5.41, 5.74) is 0. The Hall–Kier alpha value is -0.0831. The molecule has 0 saturated heterocycles. The summed E-state index contributed by atoms with van der Waals surface area (Å²) in [5, 5.41) is 0. The predicted molar refractivity (Wildman–Crippen MR) is 29.0 cm³/mol. The molecule has 62 valence electrons. The number of hydrogen-bond acceptors (Lipinski definition) is 4. The van der Waals surface area contributed by atoms with E-state index in [2.05, 4.69) is 17.9 Å². The third kappa shape index (κ3) is 2.27. The average molecular weight is 174 g/mol. The van der Waals surface area contributed by atoms with Crippen LogP contribution in [-0.4, -0.2) is 30.1 Å². The van der Waals surface area contributed by atoms with E-state index in [0.29, 0.717) is 0 Å². The van der Waals surface area contributed by atoms with E-state index in [-0.39, 0.29) is 0 Å². The van der Waals surface area contributed by atoms with Gasteiger partial charge in [0.2, 0.25) is 0 Å². The zero-order valence-corrected chi connectivity index (χ0v) is 6.60. The average Bonchev–Trinajstić information content (AvgIpc) is 2.01. The molecule has 0 atom stereocenters. The highest BCUT2D eigenvalue weighted by atomic mass is 28.4. The number of rotatable bonds is 5. The molecule has 7 heteroatoms. The lowest BCUT2D eigenvalue weighted by atomic mass is 11.6. The summed E-state index contributed by atoms with van der Waals surface area (Å²) in [5.74, 6) is 0. The summed E-state index contributed by atoms with van der Waals surface area (Å²) in [6, 6.07) is 0. The van der Waals surface area contributed by atoms with Gasteiger partial charge in [0.15, 0.2) is 6.86 Å². The molecule has 0 N–H and O–H groups in total. The Morgan fingerprint density at radius 2 is 1.80 bits per heavy atom. The molecule has 0 rings (SSSR count). The van der Waals surface area contributed by atoms with Crippen LogP contribution in [0.25, 0.3) is 0 Å². The van der Waals surface area contributed by atoms with Crippen LogP contribution in [0.1, 0.15) is 0 Å². The van der Waals surface area contributed by atoms with Gasteiger partial charge in [-0.15, -0.1) is 0 Å². The van der Waals surface area contributed by atoms with Crippen molar-refractivity contribution in [1.29, 1.82) is 0 Å². The molecule has 0 spiro atoms. The fourth-order valence-electron chi connectivity index (χ4n) is 0.353. The summed E-state index contributed by atoms with van der Waals surface area (Å²) < 4.78 is 39.0. The summed E-state index contributed by atoms with van der Waals surface area (Å²) in [7, 11) is -1.55. The minimum atomic E-state index is -3.76. The maximum Gasteiger partial charge on any atom is 0.713 e. The molecule has 0 aromatic heterocycles. The second kappa shape index (κ2) is 4.69. The zero-order chi connectivity index (χ0) is 8.04. The molecular weight excluding hydrogens is 166 g/mol. The minimum absolute atomic E-state index is 1.10. The molecule has 0 bridgehead atoms. The Labute approximate surface area is 58.0 Å². The molecular formula is C3H8F2O4Si. The standard InChI is InChI=1S/C3H8F2O4Si/c1-6-10(7-2,9-5)8-3-4/h3H2,1-2H3. The van der Waals surface area contributed by atoms with E-state index in [1.165, 1.54) is 0 Å². The van der Waals surface area contributed by atoms with Gasteiger partial charge in [-0.05, 0) is 0 Å². The van der Waals surface area contributed by atoms with Crippen molar-refractivity contribution in [3.8, 4) is 0 Å². The smallest absolute Gasteiger partial charge is 0.353 e. The second-order valence-corrected chi connectivity index (χ2v) is 3.50. The maximum absolute atomic E-state index is 11.5. The fourth-order valence-corrected chi connectivity index (χ4v) is 1.06. The van der Waals surface area contributed by atoms with Crippen LogP contribution in [0.3, 0.4) is 0 Å². The quantitative estimate of drug-likeness (QED) is 0.571. The van der Waals surface area contributed by atoms with Crippen LogP contribution in [0.15, 0.2) is 0 Å². The van der Waals surface area contributed by atoms with Gasteiger partial charge in [0.25, 0.3) is 0 Å². The molecule has 0 aliphatic heterocycles. The third-order valence-corrected chi connectivity index (χ3v) is 2.48. The summed E-state index contributed by atoms with van der Waals surface area (Å²) in [6.07, 6.45) is 0. The SMILES string of the molecule is CO[Si](OC)(OF)OCF. The molecule has 0 amide bonds. The second-order valence-electron chi connectivity index (χ2n) is 1.24. The van der Waals surface area contributed by atoms with E-state index in [1.54, 1.807) is 0 Å². The van der Waals surface area contributed by atoms with E-state index in [1.807, 2.05) is 0 Å². The van der Waals surface area contributed by atoms with Crippen LogP contribution in [0.5, 0.6) is 0 Å². The van der Waals surface area contributed by atoms with Gasteiger partial charge in [0.1, 0.15) is 0 Å². The first-order valence-electron chi connectivity index (χ1n) is 2.34. The van der Waals surface area contributed by atoms with Gasteiger partial charge in [0, 0.05) is 14.2 Å². The van der Waals surface area contributed by atoms with Crippen molar-refractivity contribution in [1.82, 2.24) is 0 Å². The molecule has 0 aromatic carbocycles. The van der Waals surface area contributed by atoms with Gasteiger partial charge in [-0.3, -0.25) is 0 Å². The van der Waals surface area contributed by atoms with E-state index in [0.717, 1.165) is 14.2 Å². The normalized spacial score (nSPS) is 12.0. The molecule has 0 heterocycles. The lowest BCUT2D eigenvalue weighted by Gasteiger charge is -2.17. The fraction of sp³-hybridized carbons (Fsp3) is 1.00. The minimum Gasteiger partial charge on any atom is -0.353 e. The number of hydrogen-bond donors (Lipinski definition) is 0. The lowest BCUT2D eigenvalue weighted by molar-refractivity contribution is -0.144. The topological polar surface area (TPSA) is 36.9 Å². The van der Waals surface area contributed by atoms with Crippen molar-refractivity contribution >= 4 is 9.05 Å². The molecule has 4 nitrogen and oxygen atoms in total. The van der Waals surface area contributed by atoms with Crippen LogP contribution in [0.2, 0.25) is 0 Å². The van der Waals surface area contributed by atoms with E-state index < -0.39 is 15.9 Å². The first-order valence-corrected chi connectivity index (χ1v) is 3.98. The first kappa shape index (κ1) is 9.92. The van der Waals surface area contributed by atoms with Crippen LogP contribution < -0.4 is 0 Å². The summed E-state index contributed by atoms with van der Waals surface area (Å²) in [6.45, 7) is -1.21. The van der Waals surface area contributed by atoms with E-state index >= 15 is 0 Å². The Morgan fingerprint density at radius 1 is 1.30 bits per heavy atom. The van der Waals surface area contributed by atoms with Crippen molar-refractivity contribution < 1.29 is 26.8 Å². The Bertz CT molecular complexity index is 80.3. The van der Waals surface area contributed by atoms with Crippen molar-refractivity contribution in [2.45, 2.75) is 0 Å². The van der Waals surface area contributed by atoms with Gasteiger partial charge >= 0.3 is 9.05 Å². The van der Waals surface area contributed by atoms with Gasteiger partial charge in [-0.2, -0.15) is 4.63 Å². The van der Waals surface area contributed by atoms with Crippen LogP contribution in [0.4, 0.5) is 8.92 Å². The van der Waals surface area contributed by atoms with E-state index in [4.69, 9.17) is 0 Å². The van der Waals surface area contributed by atoms with Gasteiger partial charge in [-0.1, -0.05) is 4.53 Å². The third-order valence-electron chi connectivity index (χ3n) is 0.826. The Kier molecular flexibility index (Phi) is 4.65. The molecule has 0 aliphatic carbocycles. The van der Waals surface area contributed by atoms with E-state index in [9.17, 15) is 8.92 Å². The predicted octanol–water partition coefficient (Wildman–Crippen LogP) is 0.559. The van der Waals surface area contributed by atoms with Crippen LogP contribution in [0, 0.1) is 0 Å². The van der Waals surface area contributed by atoms with Gasteiger partial charge in [0.05, 0.1) is 0 Å². The number of alkyl halides is 1. The molecule has 10 heavy (non-hydrogen) atoms. The molecule has 0 saturated carbocycles. The van der Waals surface area contributed by atoms with Crippen molar-refractivity contribution in [3.05, 3.63) is 0 Å². The summed E-state index contributed by atoms with van der Waals surface area (Å²) in [4.78, 5) is 0. The monoisotopic (exact) mass is 174 g/mol. The lowest BCUT2D eigenvalue weighted by Crippen LogP contribution is -2.45. The van der Waals surface area contributed by atoms with Crippen molar-refractivity contribution in [2.24, 2.45) is 0 Å². The summed E-state index contributed by atoms with van der Waals surface area (Å²) >= 11 is 0. The molecule has 0 aliphatic rings. The zero-order valence-electron chi connectivity index (χ0n) is 5.60. The van der Waals surface area contributed by atoms with Gasteiger partial charge < -0.3 is 13.3 Å². The molecule has 0 aromatic rings. The highest BCUT2D eigenvalue weighted by molar-refractivity contribution is 6.53. The molecule has 0 unspecified atom stereocenters.